The second-order valence-corrected chi connectivity index (χ2v) is 5.38. The van der Waals surface area contributed by atoms with Gasteiger partial charge in [0.15, 0.2) is 0 Å². The zero-order valence-electron chi connectivity index (χ0n) is 10.6. The van der Waals surface area contributed by atoms with E-state index in [9.17, 15) is 4.79 Å². The first-order valence-electron chi connectivity index (χ1n) is 6.23. The Labute approximate surface area is 111 Å². The lowest BCUT2D eigenvalue weighted by Gasteiger charge is -2.05. The number of hydrogen-bond acceptors (Lipinski definition) is 3. The molecule has 0 aromatic carbocycles. The highest BCUT2D eigenvalue weighted by molar-refractivity contribution is 7.11. The third-order valence-electron chi connectivity index (χ3n) is 2.79. The van der Waals surface area contributed by atoms with Gasteiger partial charge in [-0.1, -0.05) is 13.0 Å². The van der Waals surface area contributed by atoms with Crippen LogP contribution in [0.3, 0.4) is 0 Å². The van der Waals surface area contributed by atoms with Crippen molar-refractivity contribution in [2.24, 2.45) is 0 Å². The summed E-state index contributed by atoms with van der Waals surface area (Å²) in [6, 6.07) is 9.60. The van der Waals surface area contributed by atoms with Crippen LogP contribution >= 0.6 is 11.3 Å². The van der Waals surface area contributed by atoms with Gasteiger partial charge in [-0.2, -0.15) is 0 Å². The van der Waals surface area contributed by atoms with Crippen molar-refractivity contribution in [3.05, 3.63) is 56.6 Å². The summed E-state index contributed by atoms with van der Waals surface area (Å²) in [5, 5.41) is 3.37. The van der Waals surface area contributed by atoms with Gasteiger partial charge < -0.3 is 9.88 Å². The SMILES string of the molecule is CCc1ccc(CNCCn2ccccc2=O)s1. The molecule has 4 heteroatoms. The van der Waals surface area contributed by atoms with E-state index >= 15 is 0 Å². The van der Waals surface area contributed by atoms with Crippen LogP contribution in [-0.4, -0.2) is 11.1 Å². The van der Waals surface area contributed by atoms with Crippen LogP contribution in [0.2, 0.25) is 0 Å². The minimum absolute atomic E-state index is 0.0590. The Morgan fingerprint density at radius 1 is 1.22 bits per heavy atom. The molecule has 96 valence electrons. The summed E-state index contributed by atoms with van der Waals surface area (Å²) in [6.45, 7) is 4.58. The minimum atomic E-state index is 0.0590. The third kappa shape index (κ3) is 3.55. The van der Waals surface area contributed by atoms with Gasteiger partial charge >= 0.3 is 0 Å². The average Bonchev–Trinajstić information content (AvgIpc) is 2.84. The van der Waals surface area contributed by atoms with Crippen molar-refractivity contribution in [2.75, 3.05) is 6.54 Å². The molecule has 0 fully saturated rings. The fraction of sp³-hybridized carbons (Fsp3) is 0.357. The van der Waals surface area contributed by atoms with Crippen molar-refractivity contribution in [2.45, 2.75) is 26.4 Å². The molecule has 2 heterocycles. The highest BCUT2D eigenvalue weighted by Crippen LogP contribution is 2.16. The second-order valence-electron chi connectivity index (χ2n) is 4.13. The Kier molecular flexibility index (Phi) is 4.73. The van der Waals surface area contributed by atoms with E-state index in [2.05, 4.69) is 24.4 Å². The molecule has 3 nitrogen and oxygen atoms in total. The zero-order valence-corrected chi connectivity index (χ0v) is 11.4. The monoisotopic (exact) mass is 262 g/mol. The van der Waals surface area contributed by atoms with Crippen molar-refractivity contribution in [3.8, 4) is 0 Å². The highest BCUT2D eigenvalue weighted by Gasteiger charge is 1.98. The molecule has 0 unspecified atom stereocenters. The van der Waals surface area contributed by atoms with Gasteiger partial charge in [-0.05, 0) is 24.6 Å². The number of aromatic nitrogens is 1. The Bertz CT molecular complexity index is 544. The van der Waals surface area contributed by atoms with Crippen LogP contribution in [0.25, 0.3) is 0 Å². The van der Waals surface area contributed by atoms with Crippen molar-refractivity contribution in [1.29, 1.82) is 0 Å². The van der Waals surface area contributed by atoms with E-state index in [1.807, 2.05) is 23.6 Å². The molecule has 0 aliphatic heterocycles. The predicted octanol–water partition coefficient (Wildman–Crippen LogP) is 2.26. The molecule has 0 amide bonds. The first-order chi connectivity index (χ1) is 8.79. The van der Waals surface area contributed by atoms with Gasteiger partial charge in [-0.25, -0.2) is 0 Å². The molecule has 0 bridgehead atoms. The van der Waals surface area contributed by atoms with Gasteiger partial charge in [0.1, 0.15) is 0 Å². The van der Waals surface area contributed by atoms with Crippen molar-refractivity contribution in [3.63, 3.8) is 0 Å². The molecular formula is C14H18N2OS. The van der Waals surface area contributed by atoms with Crippen LogP contribution in [-0.2, 0) is 19.5 Å². The lowest BCUT2D eigenvalue weighted by atomic mass is 10.3. The Morgan fingerprint density at radius 3 is 2.78 bits per heavy atom. The van der Waals surface area contributed by atoms with Crippen LogP contribution in [0, 0.1) is 0 Å². The summed E-state index contributed by atoms with van der Waals surface area (Å²) in [5.41, 5.74) is 0.0590. The lowest BCUT2D eigenvalue weighted by Crippen LogP contribution is -2.25. The maximum Gasteiger partial charge on any atom is 0.250 e. The smallest absolute Gasteiger partial charge is 0.250 e. The molecule has 1 N–H and O–H groups in total. The molecule has 0 aliphatic carbocycles. The number of aryl methyl sites for hydroxylation is 1. The van der Waals surface area contributed by atoms with Crippen LogP contribution in [0.15, 0.2) is 41.3 Å². The van der Waals surface area contributed by atoms with E-state index in [1.54, 1.807) is 16.7 Å². The van der Waals surface area contributed by atoms with Crippen LogP contribution in [0.4, 0.5) is 0 Å². The van der Waals surface area contributed by atoms with E-state index in [0.717, 1.165) is 19.5 Å². The molecule has 18 heavy (non-hydrogen) atoms. The number of thiophene rings is 1. The van der Waals surface area contributed by atoms with E-state index < -0.39 is 0 Å². The van der Waals surface area contributed by atoms with Gasteiger partial charge in [-0.3, -0.25) is 4.79 Å². The summed E-state index contributed by atoms with van der Waals surface area (Å²) >= 11 is 1.85. The highest BCUT2D eigenvalue weighted by atomic mass is 32.1. The van der Waals surface area contributed by atoms with Crippen molar-refractivity contribution >= 4 is 11.3 Å². The molecular weight excluding hydrogens is 244 g/mol. The van der Waals surface area contributed by atoms with Gasteiger partial charge in [0.05, 0.1) is 0 Å². The second kappa shape index (κ2) is 6.52. The Morgan fingerprint density at radius 2 is 2.06 bits per heavy atom. The number of pyridine rings is 1. The summed E-state index contributed by atoms with van der Waals surface area (Å²) in [4.78, 5) is 14.2. The van der Waals surface area contributed by atoms with E-state index in [1.165, 1.54) is 9.75 Å². The molecule has 2 aromatic heterocycles. The molecule has 0 aliphatic rings. The van der Waals surface area contributed by atoms with Crippen molar-refractivity contribution < 1.29 is 0 Å². The molecule has 0 saturated carbocycles. The topological polar surface area (TPSA) is 34.0 Å². The number of nitrogens with one attached hydrogen (secondary N) is 1. The van der Waals surface area contributed by atoms with Crippen LogP contribution in [0.5, 0.6) is 0 Å². The van der Waals surface area contributed by atoms with Crippen molar-refractivity contribution in [1.82, 2.24) is 9.88 Å². The number of rotatable bonds is 6. The lowest BCUT2D eigenvalue weighted by molar-refractivity contribution is 0.588. The van der Waals surface area contributed by atoms with Gasteiger partial charge in [-0.15, -0.1) is 11.3 Å². The number of nitrogens with zero attached hydrogens (tertiary/aromatic N) is 1. The maximum absolute atomic E-state index is 11.5. The zero-order chi connectivity index (χ0) is 12.8. The Hall–Kier alpha value is -1.39. The first-order valence-corrected chi connectivity index (χ1v) is 7.05. The molecule has 2 aromatic rings. The average molecular weight is 262 g/mol. The molecule has 0 saturated heterocycles. The summed E-state index contributed by atoms with van der Waals surface area (Å²) in [5.74, 6) is 0. The summed E-state index contributed by atoms with van der Waals surface area (Å²) in [6.07, 6.45) is 2.93. The van der Waals surface area contributed by atoms with Gasteiger partial charge in [0, 0.05) is 41.7 Å². The molecule has 0 radical (unpaired) electrons. The maximum atomic E-state index is 11.5. The quantitative estimate of drug-likeness (QED) is 0.810. The van der Waals surface area contributed by atoms with E-state index in [0.29, 0.717) is 6.54 Å². The Balaban J connectivity index is 1.76. The van der Waals surface area contributed by atoms with Gasteiger partial charge in [0.2, 0.25) is 0 Å². The molecule has 0 spiro atoms. The predicted molar refractivity (Wildman–Crippen MR) is 76.1 cm³/mol. The fourth-order valence-electron chi connectivity index (χ4n) is 1.76. The van der Waals surface area contributed by atoms with Gasteiger partial charge in [0.25, 0.3) is 5.56 Å². The van der Waals surface area contributed by atoms with E-state index in [-0.39, 0.29) is 5.56 Å². The fourth-order valence-corrected chi connectivity index (χ4v) is 2.69. The minimum Gasteiger partial charge on any atom is -0.314 e. The molecule has 2 rings (SSSR count). The van der Waals surface area contributed by atoms with E-state index in [4.69, 9.17) is 0 Å². The van der Waals surface area contributed by atoms with Crippen LogP contribution < -0.4 is 10.9 Å². The third-order valence-corrected chi connectivity index (χ3v) is 4.02. The standard InChI is InChI=1S/C14H18N2OS/c1-2-12-6-7-13(18-12)11-15-8-10-16-9-4-3-5-14(16)17/h3-7,9,15H,2,8,10-11H2,1H3. The summed E-state index contributed by atoms with van der Waals surface area (Å²) < 4.78 is 1.72. The summed E-state index contributed by atoms with van der Waals surface area (Å²) in [7, 11) is 0. The van der Waals surface area contributed by atoms with Crippen LogP contribution in [0.1, 0.15) is 16.7 Å². The molecule has 0 atom stereocenters. The normalized spacial score (nSPS) is 10.7. The number of hydrogen-bond donors (Lipinski definition) is 1. The largest absolute Gasteiger partial charge is 0.314 e. The first kappa shape index (κ1) is 13.1.